The number of halogens is 2. The number of hydrogen-bond acceptors (Lipinski definition) is 5. The van der Waals surface area contributed by atoms with Crippen LogP contribution in [-0.2, 0) is 4.79 Å². The number of aromatic nitrogens is 2. The van der Waals surface area contributed by atoms with Crippen LogP contribution in [0, 0.1) is 5.92 Å². The second-order valence-corrected chi connectivity index (χ2v) is 8.63. The number of rotatable bonds is 3. The van der Waals surface area contributed by atoms with E-state index in [-0.39, 0.29) is 5.92 Å². The average Bonchev–Trinajstić information content (AvgIpc) is 2.75. The predicted octanol–water partition coefficient (Wildman–Crippen LogP) is 3.44. The van der Waals surface area contributed by atoms with Crippen molar-refractivity contribution in [3.05, 3.63) is 40.4 Å². The van der Waals surface area contributed by atoms with Crippen LogP contribution < -0.4 is 4.90 Å². The molecular weight excluding hydrogens is 409 g/mol. The lowest BCUT2D eigenvalue weighted by molar-refractivity contribution is -0.137. The summed E-state index contributed by atoms with van der Waals surface area (Å²) in [6, 6.07) is 9.34. The first-order valence-electron chi connectivity index (χ1n) is 10.0. The largest absolute Gasteiger partial charge is 0.352 e. The van der Waals surface area contributed by atoms with Crippen molar-refractivity contribution >= 4 is 34.9 Å². The second kappa shape index (κ2) is 8.86. The summed E-state index contributed by atoms with van der Waals surface area (Å²) in [6.45, 7) is 4.98. The van der Waals surface area contributed by atoms with E-state index in [4.69, 9.17) is 23.2 Å². The van der Waals surface area contributed by atoms with E-state index in [1.54, 1.807) is 12.1 Å². The fourth-order valence-electron chi connectivity index (χ4n) is 4.09. The number of nitrogens with zero attached hydrogens (tertiary/aromatic N) is 5. The van der Waals surface area contributed by atoms with E-state index in [1.165, 1.54) is 0 Å². The van der Waals surface area contributed by atoms with Crippen molar-refractivity contribution < 1.29 is 4.79 Å². The first-order chi connectivity index (χ1) is 14.0. The van der Waals surface area contributed by atoms with Gasteiger partial charge in [0, 0.05) is 38.3 Å². The molecule has 0 spiro atoms. The number of carbonyl (C=O) groups excluding carboxylic acids is 1. The number of benzene rings is 1. The topological polar surface area (TPSA) is 52.6 Å². The molecular formula is C21H25Cl2N5O. The third kappa shape index (κ3) is 4.65. The Kier molecular flexibility index (Phi) is 6.23. The Hall–Kier alpha value is -1.89. The van der Waals surface area contributed by atoms with Gasteiger partial charge in [-0.25, -0.2) is 0 Å². The first kappa shape index (κ1) is 20.4. The summed E-state index contributed by atoms with van der Waals surface area (Å²) in [4.78, 5) is 19.3. The van der Waals surface area contributed by atoms with Crippen LogP contribution in [0.15, 0.2) is 30.3 Å². The third-order valence-corrected chi connectivity index (χ3v) is 6.49. The number of likely N-dealkylation sites (tertiary alicyclic amines) is 1. The molecule has 1 aromatic heterocycles. The zero-order valence-electron chi connectivity index (χ0n) is 16.5. The summed E-state index contributed by atoms with van der Waals surface area (Å²) in [6.07, 6.45) is 2.11. The molecule has 1 aromatic carbocycles. The Labute approximate surface area is 181 Å². The molecule has 6 nitrogen and oxygen atoms in total. The van der Waals surface area contributed by atoms with Gasteiger partial charge in [0.05, 0.1) is 21.7 Å². The molecule has 2 aliphatic rings. The minimum absolute atomic E-state index is 0.144. The van der Waals surface area contributed by atoms with E-state index >= 15 is 0 Å². The Balaban J connectivity index is 1.36. The second-order valence-electron chi connectivity index (χ2n) is 7.82. The van der Waals surface area contributed by atoms with Crippen LogP contribution in [0.2, 0.25) is 10.0 Å². The highest BCUT2D eigenvalue weighted by molar-refractivity contribution is 6.42. The summed E-state index contributed by atoms with van der Waals surface area (Å²) < 4.78 is 0. The maximum atomic E-state index is 12.8. The quantitative estimate of drug-likeness (QED) is 0.741. The van der Waals surface area contributed by atoms with Gasteiger partial charge in [0.15, 0.2) is 5.82 Å². The maximum absolute atomic E-state index is 12.8. The van der Waals surface area contributed by atoms with Gasteiger partial charge in [-0.1, -0.05) is 29.3 Å². The van der Waals surface area contributed by atoms with Gasteiger partial charge in [-0.05, 0) is 50.7 Å². The van der Waals surface area contributed by atoms with Gasteiger partial charge in [-0.3, -0.25) is 4.79 Å². The smallest absolute Gasteiger partial charge is 0.227 e. The number of amides is 1. The molecule has 154 valence electrons. The molecule has 2 saturated heterocycles. The average molecular weight is 434 g/mol. The highest BCUT2D eigenvalue weighted by Crippen LogP contribution is 2.28. The van der Waals surface area contributed by atoms with Crippen LogP contribution in [-0.4, -0.2) is 72.2 Å². The van der Waals surface area contributed by atoms with Crippen molar-refractivity contribution in [2.75, 3.05) is 51.2 Å². The number of piperazine rings is 1. The fraction of sp³-hybridized carbons (Fsp3) is 0.476. The van der Waals surface area contributed by atoms with E-state index in [9.17, 15) is 4.79 Å². The summed E-state index contributed by atoms with van der Waals surface area (Å²) in [5.41, 5.74) is 1.63. The minimum Gasteiger partial charge on any atom is -0.352 e. The number of carbonyl (C=O) groups is 1. The Morgan fingerprint density at radius 2 is 1.79 bits per heavy atom. The van der Waals surface area contributed by atoms with Crippen molar-refractivity contribution in [2.45, 2.75) is 12.8 Å². The molecule has 2 aliphatic heterocycles. The van der Waals surface area contributed by atoms with Crippen LogP contribution in [0.5, 0.6) is 0 Å². The molecule has 0 bridgehead atoms. The van der Waals surface area contributed by atoms with Gasteiger partial charge in [-0.15, -0.1) is 10.2 Å². The summed E-state index contributed by atoms with van der Waals surface area (Å²) in [5, 5.41) is 9.76. The van der Waals surface area contributed by atoms with Gasteiger partial charge in [0.2, 0.25) is 5.91 Å². The van der Waals surface area contributed by atoms with Gasteiger partial charge < -0.3 is 14.7 Å². The van der Waals surface area contributed by atoms with E-state index in [1.807, 2.05) is 23.1 Å². The Bertz CT molecular complexity index is 868. The molecule has 8 heteroatoms. The molecule has 0 N–H and O–H groups in total. The molecule has 4 rings (SSSR count). The van der Waals surface area contributed by atoms with Crippen molar-refractivity contribution in [3.63, 3.8) is 0 Å². The standard InChI is InChI=1S/C21H25Cl2N5O/c1-26-8-2-3-16(14-26)21(29)28-11-9-27(10-12-28)20-7-6-19(24-25-20)15-4-5-17(22)18(23)13-15/h4-7,13,16H,2-3,8-12,14H2,1H3. The minimum atomic E-state index is 0.144. The van der Waals surface area contributed by atoms with Gasteiger partial charge in [0.1, 0.15) is 0 Å². The Morgan fingerprint density at radius 1 is 1.00 bits per heavy atom. The molecule has 29 heavy (non-hydrogen) atoms. The highest BCUT2D eigenvalue weighted by Gasteiger charge is 2.30. The van der Waals surface area contributed by atoms with Gasteiger partial charge >= 0.3 is 0 Å². The SMILES string of the molecule is CN1CCCC(C(=O)N2CCN(c3ccc(-c4ccc(Cl)c(Cl)c4)nn3)CC2)C1. The van der Waals surface area contributed by atoms with Crippen LogP contribution in [0.1, 0.15) is 12.8 Å². The molecule has 1 amide bonds. The van der Waals surface area contributed by atoms with Crippen molar-refractivity contribution in [1.82, 2.24) is 20.0 Å². The number of hydrogen-bond donors (Lipinski definition) is 0. The third-order valence-electron chi connectivity index (χ3n) is 5.75. The van der Waals surface area contributed by atoms with Gasteiger partial charge in [0.25, 0.3) is 0 Å². The maximum Gasteiger partial charge on any atom is 0.227 e. The normalized spacial score (nSPS) is 20.7. The molecule has 0 aliphatic carbocycles. The zero-order chi connectivity index (χ0) is 20.4. The van der Waals surface area contributed by atoms with Crippen LogP contribution in [0.4, 0.5) is 5.82 Å². The predicted molar refractivity (Wildman–Crippen MR) is 117 cm³/mol. The first-order valence-corrected chi connectivity index (χ1v) is 10.8. The van der Waals surface area contributed by atoms with Crippen LogP contribution >= 0.6 is 23.2 Å². The fourth-order valence-corrected chi connectivity index (χ4v) is 4.38. The zero-order valence-corrected chi connectivity index (χ0v) is 18.0. The number of anilines is 1. The molecule has 0 radical (unpaired) electrons. The summed E-state index contributed by atoms with van der Waals surface area (Å²) in [5.74, 6) is 1.28. The van der Waals surface area contributed by atoms with Gasteiger partial charge in [-0.2, -0.15) is 0 Å². The highest BCUT2D eigenvalue weighted by atomic mass is 35.5. The summed E-state index contributed by atoms with van der Waals surface area (Å²) in [7, 11) is 2.09. The molecule has 0 saturated carbocycles. The molecule has 2 aromatic rings. The lowest BCUT2D eigenvalue weighted by atomic mass is 9.96. The van der Waals surface area contributed by atoms with E-state index in [2.05, 4.69) is 27.0 Å². The van der Waals surface area contributed by atoms with Crippen molar-refractivity contribution in [3.8, 4) is 11.3 Å². The lowest BCUT2D eigenvalue weighted by Crippen LogP contribution is -2.52. The van der Waals surface area contributed by atoms with Crippen LogP contribution in [0.3, 0.4) is 0 Å². The van der Waals surface area contributed by atoms with Crippen molar-refractivity contribution in [1.29, 1.82) is 0 Å². The van der Waals surface area contributed by atoms with E-state index in [0.717, 1.165) is 69.2 Å². The monoisotopic (exact) mass is 433 g/mol. The molecule has 1 unspecified atom stereocenters. The van der Waals surface area contributed by atoms with Crippen molar-refractivity contribution in [2.24, 2.45) is 5.92 Å². The van der Waals surface area contributed by atoms with E-state index < -0.39 is 0 Å². The van der Waals surface area contributed by atoms with E-state index in [0.29, 0.717) is 16.0 Å². The molecule has 2 fully saturated rings. The number of piperidine rings is 1. The summed E-state index contributed by atoms with van der Waals surface area (Å²) >= 11 is 12.1. The van der Waals surface area contributed by atoms with Crippen LogP contribution in [0.25, 0.3) is 11.3 Å². The lowest BCUT2D eigenvalue weighted by Gasteiger charge is -2.38. The Morgan fingerprint density at radius 3 is 2.45 bits per heavy atom. The molecule has 3 heterocycles. The molecule has 1 atom stereocenters.